The molecule has 0 aliphatic carbocycles. The predicted molar refractivity (Wildman–Crippen MR) is 89.1 cm³/mol. The van der Waals surface area contributed by atoms with E-state index >= 15 is 0 Å². The molecule has 1 aromatic carbocycles. The lowest BCUT2D eigenvalue weighted by Crippen LogP contribution is -2.55. The van der Waals surface area contributed by atoms with Crippen LogP contribution in [0.2, 0.25) is 0 Å². The number of hydrogen-bond donors (Lipinski definition) is 0. The van der Waals surface area contributed by atoms with Crippen LogP contribution in [0, 0.1) is 6.92 Å². The van der Waals surface area contributed by atoms with Gasteiger partial charge in [0.05, 0.1) is 12.2 Å². The van der Waals surface area contributed by atoms with Gasteiger partial charge in [0.25, 0.3) is 0 Å². The minimum Gasteiger partial charge on any atom is -0.470 e. The van der Waals surface area contributed by atoms with E-state index in [1.807, 2.05) is 27.7 Å². The Labute approximate surface area is 142 Å². The second-order valence-corrected chi connectivity index (χ2v) is 6.74. The van der Waals surface area contributed by atoms with E-state index < -0.39 is 11.7 Å². The van der Waals surface area contributed by atoms with Crippen molar-refractivity contribution in [2.75, 3.05) is 13.2 Å². The van der Waals surface area contributed by atoms with E-state index in [9.17, 15) is 9.59 Å². The molecule has 1 atom stereocenters. The Bertz CT molecular complexity index is 620. The third kappa shape index (κ3) is 4.40. The van der Waals surface area contributed by atoms with E-state index in [-0.39, 0.29) is 12.2 Å². The standard InChI is InChI=1S/C18H25NO5/c1-6-22-16(20)13-8-7-12(2)14(11-13)23-15-9-10-19(15)17(21)24-18(3,4)5/h7-8,11,15H,6,9-10H2,1-5H3. The molecule has 1 heterocycles. The summed E-state index contributed by atoms with van der Waals surface area (Å²) in [7, 11) is 0. The van der Waals surface area contributed by atoms with Crippen molar-refractivity contribution in [1.82, 2.24) is 4.90 Å². The van der Waals surface area contributed by atoms with Crippen LogP contribution in [0.4, 0.5) is 4.79 Å². The second-order valence-electron chi connectivity index (χ2n) is 6.74. The number of ether oxygens (including phenoxy) is 3. The molecule has 1 amide bonds. The van der Waals surface area contributed by atoms with Gasteiger partial charge in [-0.25, -0.2) is 9.59 Å². The van der Waals surface area contributed by atoms with Crippen LogP contribution in [-0.4, -0.2) is 41.9 Å². The molecule has 2 rings (SSSR count). The zero-order valence-corrected chi connectivity index (χ0v) is 14.9. The number of aryl methyl sites for hydroxylation is 1. The quantitative estimate of drug-likeness (QED) is 0.788. The van der Waals surface area contributed by atoms with Crippen molar-refractivity contribution in [2.24, 2.45) is 0 Å². The van der Waals surface area contributed by atoms with Gasteiger partial charge in [0.15, 0.2) is 6.23 Å². The van der Waals surface area contributed by atoms with Crippen LogP contribution in [0.1, 0.15) is 50.0 Å². The maximum Gasteiger partial charge on any atom is 0.413 e. The van der Waals surface area contributed by atoms with E-state index in [1.165, 1.54) is 0 Å². The van der Waals surface area contributed by atoms with Crippen molar-refractivity contribution in [1.29, 1.82) is 0 Å². The third-order valence-electron chi connectivity index (χ3n) is 3.55. The molecule has 0 bridgehead atoms. The SMILES string of the molecule is CCOC(=O)c1ccc(C)c(OC2CCN2C(=O)OC(C)(C)C)c1. The Morgan fingerprint density at radius 1 is 1.29 bits per heavy atom. The fourth-order valence-corrected chi connectivity index (χ4v) is 2.23. The smallest absolute Gasteiger partial charge is 0.413 e. The number of rotatable bonds is 4. The highest BCUT2D eigenvalue weighted by Gasteiger charge is 2.37. The summed E-state index contributed by atoms with van der Waals surface area (Å²) in [6, 6.07) is 5.16. The minimum absolute atomic E-state index is 0.317. The zero-order valence-electron chi connectivity index (χ0n) is 14.9. The fourth-order valence-electron chi connectivity index (χ4n) is 2.23. The van der Waals surface area contributed by atoms with Crippen LogP contribution in [0.5, 0.6) is 5.75 Å². The summed E-state index contributed by atoms with van der Waals surface area (Å²) in [4.78, 5) is 25.5. The topological polar surface area (TPSA) is 65.1 Å². The average molecular weight is 335 g/mol. The molecule has 1 aliphatic rings. The first-order valence-electron chi connectivity index (χ1n) is 8.15. The van der Waals surface area contributed by atoms with Crippen LogP contribution < -0.4 is 4.74 Å². The van der Waals surface area contributed by atoms with Gasteiger partial charge in [0.2, 0.25) is 0 Å². The van der Waals surface area contributed by atoms with Gasteiger partial charge in [0, 0.05) is 13.0 Å². The van der Waals surface area contributed by atoms with Gasteiger partial charge in [-0.15, -0.1) is 0 Å². The molecule has 132 valence electrons. The van der Waals surface area contributed by atoms with Crippen molar-refractivity contribution in [3.63, 3.8) is 0 Å². The summed E-state index contributed by atoms with van der Waals surface area (Å²) in [6.07, 6.45) is -0.0450. The molecule has 0 N–H and O–H groups in total. The van der Waals surface area contributed by atoms with Crippen LogP contribution in [-0.2, 0) is 9.47 Å². The molecule has 0 aromatic heterocycles. The number of esters is 1. The lowest BCUT2D eigenvalue weighted by molar-refractivity contribution is -0.0664. The van der Waals surface area contributed by atoms with Gasteiger partial charge in [0.1, 0.15) is 11.4 Å². The first kappa shape index (κ1) is 18.1. The Kier molecular flexibility index (Phi) is 5.36. The number of carbonyl (C=O) groups excluding carboxylic acids is 2. The molecule has 0 spiro atoms. The Hall–Kier alpha value is -2.24. The summed E-state index contributed by atoms with van der Waals surface area (Å²) in [5.41, 5.74) is 0.774. The fraction of sp³-hybridized carbons (Fsp3) is 0.556. The average Bonchev–Trinajstić information content (AvgIpc) is 2.43. The highest BCUT2D eigenvalue weighted by molar-refractivity contribution is 5.90. The lowest BCUT2D eigenvalue weighted by Gasteiger charge is -2.41. The van der Waals surface area contributed by atoms with Crippen LogP contribution in [0.15, 0.2) is 18.2 Å². The van der Waals surface area contributed by atoms with Crippen LogP contribution >= 0.6 is 0 Å². The third-order valence-corrected chi connectivity index (χ3v) is 3.55. The Morgan fingerprint density at radius 2 is 2.00 bits per heavy atom. The highest BCUT2D eigenvalue weighted by atomic mass is 16.6. The molecule has 0 radical (unpaired) electrons. The van der Waals surface area contributed by atoms with Gasteiger partial charge in [-0.2, -0.15) is 0 Å². The lowest BCUT2D eigenvalue weighted by atomic mass is 10.1. The summed E-state index contributed by atoms with van der Waals surface area (Å²) in [5, 5.41) is 0. The van der Waals surface area contributed by atoms with E-state index in [4.69, 9.17) is 14.2 Å². The van der Waals surface area contributed by atoms with Crippen LogP contribution in [0.25, 0.3) is 0 Å². The second kappa shape index (κ2) is 7.11. The highest BCUT2D eigenvalue weighted by Crippen LogP contribution is 2.28. The van der Waals surface area contributed by atoms with Crippen molar-refractivity contribution in [3.05, 3.63) is 29.3 Å². The number of amides is 1. The monoisotopic (exact) mass is 335 g/mol. The molecule has 1 fully saturated rings. The van der Waals surface area contributed by atoms with Crippen molar-refractivity contribution < 1.29 is 23.8 Å². The summed E-state index contributed by atoms with van der Waals surface area (Å²) in [5.74, 6) is 0.179. The van der Waals surface area contributed by atoms with Crippen molar-refractivity contribution in [2.45, 2.75) is 52.9 Å². The van der Waals surface area contributed by atoms with E-state index in [0.29, 0.717) is 24.5 Å². The van der Waals surface area contributed by atoms with E-state index in [0.717, 1.165) is 12.0 Å². The van der Waals surface area contributed by atoms with E-state index in [1.54, 1.807) is 30.0 Å². The van der Waals surface area contributed by atoms with Crippen molar-refractivity contribution >= 4 is 12.1 Å². The molecule has 1 unspecified atom stereocenters. The van der Waals surface area contributed by atoms with Gasteiger partial charge in [-0.1, -0.05) is 6.07 Å². The van der Waals surface area contributed by atoms with E-state index in [2.05, 4.69) is 0 Å². The molecule has 6 nitrogen and oxygen atoms in total. The maximum absolute atomic E-state index is 12.1. The Morgan fingerprint density at radius 3 is 2.54 bits per heavy atom. The largest absolute Gasteiger partial charge is 0.470 e. The predicted octanol–water partition coefficient (Wildman–Crippen LogP) is 3.52. The first-order valence-corrected chi connectivity index (χ1v) is 8.15. The van der Waals surface area contributed by atoms with Gasteiger partial charge in [-0.05, 0) is 52.3 Å². The maximum atomic E-state index is 12.1. The minimum atomic E-state index is -0.545. The number of hydrogen-bond acceptors (Lipinski definition) is 5. The molecule has 1 saturated heterocycles. The number of nitrogens with zero attached hydrogens (tertiary/aromatic N) is 1. The number of benzene rings is 1. The van der Waals surface area contributed by atoms with Gasteiger partial charge < -0.3 is 14.2 Å². The molecule has 1 aliphatic heterocycles. The summed E-state index contributed by atoms with van der Waals surface area (Å²) >= 11 is 0. The van der Waals surface area contributed by atoms with Crippen molar-refractivity contribution in [3.8, 4) is 5.75 Å². The molecule has 6 heteroatoms. The molecular formula is C18H25NO5. The normalized spacial score (nSPS) is 17.0. The first-order chi connectivity index (χ1) is 11.2. The summed E-state index contributed by atoms with van der Waals surface area (Å²) < 4.78 is 16.3. The zero-order chi connectivity index (χ0) is 17.9. The van der Waals surface area contributed by atoms with Gasteiger partial charge in [-0.3, -0.25) is 4.90 Å². The molecule has 24 heavy (non-hydrogen) atoms. The molecular weight excluding hydrogens is 310 g/mol. The molecule has 0 saturated carbocycles. The van der Waals surface area contributed by atoms with Crippen LogP contribution in [0.3, 0.4) is 0 Å². The molecule has 1 aromatic rings. The number of carbonyl (C=O) groups is 2. The Balaban J connectivity index is 2.06. The van der Waals surface area contributed by atoms with Gasteiger partial charge >= 0.3 is 12.1 Å². The number of likely N-dealkylation sites (tertiary alicyclic amines) is 1. The summed E-state index contributed by atoms with van der Waals surface area (Å²) in [6.45, 7) is 10.0.